The third kappa shape index (κ3) is 7.32. The molecule has 0 bridgehead atoms. The molecule has 0 aliphatic carbocycles. The molecule has 2 heterocycles. The molecule has 1 aromatic heterocycles. The number of ether oxygens (including phenoxy) is 2. The Bertz CT molecular complexity index is 1390. The average molecular weight is 609 g/mol. The van der Waals surface area contributed by atoms with Crippen molar-refractivity contribution in [1.29, 1.82) is 0 Å². The summed E-state index contributed by atoms with van der Waals surface area (Å²) in [6.45, 7) is 10.9. The van der Waals surface area contributed by atoms with Crippen LogP contribution in [-0.4, -0.2) is 63.5 Å². The lowest BCUT2D eigenvalue weighted by Crippen LogP contribution is -2.48. The predicted molar refractivity (Wildman–Crippen MR) is 158 cm³/mol. The lowest BCUT2D eigenvalue weighted by atomic mass is 9.96. The minimum atomic E-state index is -3.54. The Morgan fingerprint density at radius 2 is 1.71 bits per heavy atom. The third-order valence-corrected chi connectivity index (χ3v) is 13.8. The van der Waals surface area contributed by atoms with Crippen molar-refractivity contribution in [3.63, 3.8) is 0 Å². The summed E-state index contributed by atoms with van der Waals surface area (Å²) in [5.41, 5.74) is -1.39. The Hall–Kier alpha value is -2.44. The maximum Gasteiger partial charge on any atom is 0.353 e. The molecule has 0 spiro atoms. The zero-order chi connectivity index (χ0) is 30.6. The SMILES string of the molecule is COCC[C@@H]1[C@H](O[Si](C)(C)C(C)(C)C)[C@@H](/C=C/P(=O)(OC)OC)O[C@H]1n1ccc(=O)n(C(=O)c2ccccc2)c1=O. The van der Waals surface area contributed by atoms with E-state index in [1.807, 2.05) is 0 Å². The van der Waals surface area contributed by atoms with E-state index < -0.39 is 57.4 Å². The van der Waals surface area contributed by atoms with Gasteiger partial charge in [0, 0.05) is 57.5 Å². The van der Waals surface area contributed by atoms with Crippen LogP contribution in [-0.2, 0) is 27.5 Å². The van der Waals surface area contributed by atoms with E-state index in [1.165, 1.54) is 42.9 Å². The number of nitrogens with zero attached hydrogens (tertiary/aromatic N) is 2. The smallest absolute Gasteiger partial charge is 0.353 e. The molecule has 226 valence electrons. The number of methoxy groups -OCH3 is 1. The molecule has 1 aromatic carbocycles. The number of rotatable bonds is 11. The van der Waals surface area contributed by atoms with Gasteiger partial charge in [-0.25, -0.2) is 4.79 Å². The highest BCUT2D eigenvalue weighted by molar-refractivity contribution is 7.57. The molecule has 1 saturated heterocycles. The van der Waals surface area contributed by atoms with Gasteiger partial charge in [0.05, 0.1) is 6.10 Å². The summed E-state index contributed by atoms with van der Waals surface area (Å²) in [5.74, 6) is 0.143. The second-order valence-corrected chi connectivity index (χ2v) is 18.2. The Labute approximate surface area is 241 Å². The first-order chi connectivity index (χ1) is 19.2. The van der Waals surface area contributed by atoms with Crippen molar-refractivity contribution in [2.45, 2.75) is 63.8 Å². The summed E-state index contributed by atoms with van der Waals surface area (Å²) in [5, 5.41) is -0.147. The number of benzene rings is 1. The molecule has 1 fully saturated rings. The summed E-state index contributed by atoms with van der Waals surface area (Å²) in [4.78, 5) is 39.7. The minimum Gasteiger partial charge on any atom is -0.410 e. The quantitative estimate of drug-likeness (QED) is 0.265. The Morgan fingerprint density at radius 3 is 2.27 bits per heavy atom. The standard InChI is InChI=1S/C28H41N2O9PSi/c1-28(2,3)41(7,8)39-24-21(15-18-35-4)26(38-22(24)16-19-40(34,36-5)37-6)29-17-14-23(31)30(27(29)33)25(32)20-12-10-9-11-13-20/h9-14,16-17,19,21-22,24,26H,15,18H2,1-8H3/b19-16+/t21-,22-,24+,26-/m1/s1. The normalized spacial score (nSPS) is 22.0. The van der Waals surface area contributed by atoms with Gasteiger partial charge in [0.2, 0.25) is 0 Å². The van der Waals surface area contributed by atoms with Gasteiger partial charge in [0.25, 0.3) is 11.5 Å². The second-order valence-electron chi connectivity index (χ2n) is 11.4. The van der Waals surface area contributed by atoms with Crippen LogP contribution in [0.2, 0.25) is 18.1 Å². The first-order valence-electron chi connectivity index (χ1n) is 13.4. The number of carbonyl (C=O) groups excluding carboxylic acids is 1. The highest BCUT2D eigenvalue weighted by atomic mass is 31.2. The first kappa shape index (κ1) is 33.1. The van der Waals surface area contributed by atoms with Crippen LogP contribution in [0.4, 0.5) is 0 Å². The molecular formula is C28H41N2O9PSi. The van der Waals surface area contributed by atoms with Crippen LogP contribution < -0.4 is 11.2 Å². The Balaban J connectivity index is 2.16. The molecule has 4 atom stereocenters. The maximum absolute atomic E-state index is 13.7. The molecule has 0 amide bonds. The molecule has 0 N–H and O–H groups in total. The monoisotopic (exact) mass is 608 g/mol. The molecule has 41 heavy (non-hydrogen) atoms. The number of hydrogen-bond donors (Lipinski definition) is 0. The Morgan fingerprint density at radius 1 is 1.07 bits per heavy atom. The summed E-state index contributed by atoms with van der Waals surface area (Å²) >= 11 is 0. The van der Waals surface area contributed by atoms with E-state index in [9.17, 15) is 18.9 Å². The summed E-state index contributed by atoms with van der Waals surface area (Å²) < 4.78 is 43.5. The van der Waals surface area contributed by atoms with E-state index >= 15 is 0 Å². The van der Waals surface area contributed by atoms with Crippen molar-refractivity contribution in [3.8, 4) is 0 Å². The molecule has 1 aliphatic rings. The maximum atomic E-state index is 13.7. The summed E-state index contributed by atoms with van der Waals surface area (Å²) in [6, 6.07) is 9.27. The second kappa shape index (κ2) is 13.2. The van der Waals surface area contributed by atoms with E-state index in [1.54, 1.807) is 31.4 Å². The van der Waals surface area contributed by atoms with Crippen molar-refractivity contribution in [1.82, 2.24) is 9.13 Å². The van der Waals surface area contributed by atoms with Crippen molar-refractivity contribution in [2.75, 3.05) is 27.9 Å². The number of carbonyl (C=O) groups is 1. The molecular weight excluding hydrogens is 567 g/mol. The van der Waals surface area contributed by atoms with Gasteiger partial charge in [-0.2, -0.15) is 4.57 Å². The fourth-order valence-corrected chi connectivity index (χ4v) is 6.49. The van der Waals surface area contributed by atoms with Gasteiger partial charge in [0.1, 0.15) is 12.3 Å². The third-order valence-electron chi connectivity index (χ3n) is 7.78. The summed E-state index contributed by atoms with van der Waals surface area (Å²) in [6.07, 6.45) is 1.07. The Kier molecular flexibility index (Phi) is 10.7. The van der Waals surface area contributed by atoms with Crippen LogP contribution in [0.15, 0.2) is 64.1 Å². The summed E-state index contributed by atoms with van der Waals surface area (Å²) in [7, 11) is -1.79. The molecule has 1 aliphatic heterocycles. The van der Waals surface area contributed by atoms with Gasteiger partial charge in [-0.1, -0.05) is 39.0 Å². The highest BCUT2D eigenvalue weighted by Crippen LogP contribution is 2.50. The van der Waals surface area contributed by atoms with Crippen molar-refractivity contribution in [2.24, 2.45) is 5.92 Å². The van der Waals surface area contributed by atoms with Gasteiger partial charge in [0.15, 0.2) is 8.32 Å². The lowest BCUT2D eigenvalue weighted by molar-refractivity contribution is -0.00566. The molecule has 11 nitrogen and oxygen atoms in total. The van der Waals surface area contributed by atoms with Crippen LogP contribution in [0.3, 0.4) is 0 Å². The van der Waals surface area contributed by atoms with E-state index in [0.29, 0.717) is 17.6 Å². The van der Waals surface area contributed by atoms with Gasteiger partial charge in [-0.15, -0.1) is 0 Å². The zero-order valence-corrected chi connectivity index (χ0v) is 26.8. The van der Waals surface area contributed by atoms with Crippen LogP contribution in [0.5, 0.6) is 0 Å². The van der Waals surface area contributed by atoms with E-state index in [-0.39, 0.29) is 10.6 Å². The zero-order valence-electron chi connectivity index (χ0n) is 24.9. The van der Waals surface area contributed by atoms with Gasteiger partial charge >= 0.3 is 13.3 Å². The van der Waals surface area contributed by atoms with E-state index in [4.69, 9.17) is 22.9 Å². The van der Waals surface area contributed by atoms with Gasteiger partial charge in [-0.05, 0) is 42.8 Å². The van der Waals surface area contributed by atoms with Crippen LogP contribution in [0.1, 0.15) is 43.8 Å². The van der Waals surface area contributed by atoms with Crippen molar-refractivity contribution >= 4 is 21.8 Å². The molecule has 0 radical (unpaired) electrons. The topological polar surface area (TPSA) is 124 Å². The molecule has 2 aromatic rings. The lowest BCUT2D eigenvalue weighted by Gasteiger charge is -2.40. The van der Waals surface area contributed by atoms with E-state index in [0.717, 1.165) is 6.07 Å². The van der Waals surface area contributed by atoms with Gasteiger partial charge in [-0.3, -0.25) is 18.7 Å². The number of aromatic nitrogens is 2. The minimum absolute atomic E-state index is 0.147. The molecule has 13 heteroatoms. The van der Waals surface area contributed by atoms with Crippen molar-refractivity contribution in [3.05, 3.63) is 80.9 Å². The predicted octanol–water partition coefficient (Wildman–Crippen LogP) is 4.64. The molecule has 0 saturated carbocycles. The van der Waals surface area contributed by atoms with Crippen LogP contribution in [0.25, 0.3) is 0 Å². The highest BCUT2D eigenvalue weighted by Gasteiger charge is 2.50. The largest absolute Gasteiger partial charge is 0.410 e. The fourth-order valence-electron chi connectivity index (χ4n) is 4.37. The van der Waals surface area contributed by atoms with Crippen LogP contribution >= 0.6 is 7.60 Å². The first-order valence-corrected chi connectivity index (χ1v) is 17.9. The fraction of sp³-hybridized carbons (Fsp3) is 0.536. The van der Waals surface area contributed by atoms with E-state index in [2.05, 4.69) is 33.9 Å². The molecule has 3 rings (SSSR count). The number of hydrogen-bond acceptors (Lipinski definition) is 9. The van der Waals surface area contributed by atoms with Gasteiger partial charge < -0.3 is 22.9 Å². The molecule has 0 unspecified atom stereocenters. The van der Waals surface area contributed by atoms with Crippen molar-refractivity contribution < 1.29 is 32.3 Å². The van der Waals surface area contributed by atoms with Crippen LogP contribution in [0, 0.1) is 5.92 Å². The average Bonchev–Trinajstić information content (AvgIpc) is 3.26.